The van der Waals surface area contributed by atoms with Gasteiger partial charge in [-0.05, 0) is 29.7 Å². The normalized spacial score (nSPS) is 10.3. The number of hydrogen-bond donors (Lipinski definition) is 2. The highest BCUT2D eigenvalue weighted by Crippen LogP contribution is 2.13. The smallest absolute Gasteiger partial charge is 0.322 e. The predicted molar refractivity (Wildman–Crippen MR) is 75.7 cm³/mol. The molecule has 7 heteroatoms. The first kappa shape index (κ1) is 14.5. The molecule has 0 fully saturated rings. The molecule has 0 aliphatic rings. The summed E-state index contributed by atoms with van der Waals surface area (Å²) in [5.74, 6) is 0.350. The lowest BCUT2D eigenvalue weighted by Crippen LogP contribution is -2.07. The number of aromatic nitrogens is 3. The molecule has 0 bridgehead atoms. The Kier molecular flexibility index (Phi) is 5.09. The summed E-state index contributed by atoms with van der Waals surface area (Å²) in [6.07, 6.45) is 0. The minimum Gasteiger partial charge on any atom is -0.464 e. The van der Waals surface area contributed by atoms with Crippen LogP contribution >= 0.6 is 11.6 Å². The Labute approximate surface area is 121 Å². The van der Waals surface area contributed by atoms with Crippen LogP contribution in [0.1, 0.15) is 18.1 Å². The summed E-state index contributed by atoms with van der Waals surface area (Å²) in [5.41, 5.74) is 1.86. The van der Waals surface area contributed by atoms with Crippen molar-refractivity contribution in [1.29, 1.82) is 0 Å². The lowest BCUT2D eigenvalue weighted by Gasteiger charge is -2.07. The molecule has 2 N–H and O–H groups in total. The van der Waals surface area contributed by atoms with Gasteiger partial charge in [0.15, 0.2) is 0 Å². The van der Waals surface area contributed by atoms with Gasteiger partial charge in [-0.3, -0.25) is 0 Å². The van der Waals surface area contributed by atoms with Crippen LogP contribution in [-0.4, -0.2) is 26.7 Å². The van der Waals surface area contributed by atoms with Crippen molar-refractivity contribution in [3.8, 4) is 6.01 Å². The molecule has 0 amide bonds. The van der Waals surface area contributed by atoms with Crippen molar-refractivity contribution in [2.75, 3.05) is 11.9 Å². The summed E-state index contributed by atoms with van der Waals surface area (Å²) < 4.78 is 5.20. The summed E-state index contributed by atoms with van der Waals surface area (Å²) in [6, 6.07) is 7.78. The quantitative estimate of drug-likeness (QED) is 0.848. The van der Waals surface area contributed by atoms with E-state index < -0.39 is 0 Å². The molecule has 0 spiro atoms. The Balaban J connectivity index is 2.06. The van der Waals surface area contributed by atoms with E-state index >= 15 is 0 Å². The van der Waals surface area contributed by atoms with Gasteiger partial charge in [-0.15, -0.1) is 0 Å². The number of aliphatic hydroxyl groups excluding tert-OH is 1. The van der Waals surface area contributed by atoms with Gasteiger partial charge in [0, 0.05) is 6.54 Å². The van der Waals surface area contributed by atoms with Gasteiger partial charge >= 0.3 is 6.01 Å². The molecule has 106 valence electrons. The molecule has 2 aromatic rings. The third kappa shape index (κ3) is 4.04. The fraction of sp³-hybridized carbons (Fsp3) is 0.308. The maximum Gasteiger partial charge on any atom is 0.322 e. The first-order valence-corrected chi connectivity index (χ1v) is 6.56. The van der Waals surface area contributed by atoms with Crippen molar-refractivity contribution in [2.24, 2.45) is 0 Å². The maximum atomic E-state index is 9.09. The van der Waals surface area contributed by atoms with Crippen LogP contribution in [0.15, 0.2) is 24.3 Å². The lowest BCUT2D eigenvalue weighted by molar-refractivity contribution is 0.281. The first-order valence-electron chi connectivity index (χ1n) is 6.18. The predicted octanol–water partition coefficient (Wildman–Crippen LogP) is 2.03. The zero-order valence-electron chi connectivity index (χ0n) is 11.0. The SMILES string of the molecule is CCOc1nc(Cl)nc(NCc2cccc(CO)c2)n1. The molecule has 1 aromatic carbocycles. The number of aliphatic hydroxyl groups is 1. The van der Waals surface area contributed by atoms with Crippen LogP contribution in [0.3, 0.4) is 0 Å². The summed E-state index contributed by atoms with van der Waals surface area (Å²) in [4.78, 5) is 11.9. The van der Waals surface area contributed by atoms with E-state index in [9.17, 15) is 0 Å². The number of benzene rings is 1. The Bertz CT molecular complexity index is 580. The molecule has 1 heterocycles. The second kappa shape index (κ2) is 7.02. The zero-order valence-corrected chi connectivity index (χ0v) is 11.8. The van der Waals surface area contributed by atoms with Crippen LogP contribution in [-0.2, 0) is 13.2 Å². The van der Waals surface area contributed by atoms with Crippen LogP contribution in [0.5, 0.6) is 6.01 Å². The van der Waals surface area contributed by atoms with Crippen LogP contribution in [0.4, 0.5) is 5.95 Å². The molecule has 0 saturated heterocycles. The lowest BCUT2D eigenvalue weighted by atomic mass is 10.1. The number of nitrogens with zero attached hydrogens (tertiary/aromatic N) is 3. The van der Waals surface area contributed by atoms with E-state index in [1.165, 1.54) is 0 Å². The highest BCUT2D eigenvalue weighted by atomic mass is 35.5. The molecule has 1 aromatic heterocycles. The molecule has 2 rings (SSSR count). The Hall–Kier alpha value is -1.92. The van der Waals surface area contributed by atoms with Crippen molar-refractivity contribution in [1.82, 2.24) is 15.0 Å². The van der Waals surface area contributed by atoms with Gasteiger partial charge in [0.25, 0.3) is 0 Å². The number of ether oxygens (including phenoxy) is 1. The topological polar surface area (TPSA) is 80.2 Å². The molecular formula is C13H15ClN4O2. The average Bonchev–Trinajstić information content (AvgIpc) is 2.45. The third-order valence-corrected chi connectivity index (χ3v) is 2.65. The highest BCUT2D eigenvalue weighted by molar-refractivity contribution is 6.28. The zero-order chi connectivity index (χ0) is 14.4. The number of nitrogens with one attached hydrogen (secondary N) is 1. The number of anilines is 1. The van der Waals surface area contributed by atoms with Gasteiger partial charge in [-0.25, -0.2) is 0 Å². The molecule has 20 heavy (non-hydrogen) atoms. The van der Waals surface area contributed by atoms with Gasteiger partial charge in [0.05, 0.1) is 13.2 Å². The number of rotatable bonds is 6. The van der Waals surface area contributed by atoms with Crippen molar-refractivity contribution < 1.29 is 9.84 Å². The molecular weight excluding hydrogens is 280 g/mol. The number of halogens is 1. The fourth-order valence-corrected chi connectivity index (χ4v) is 1.78. The Morgan fingerprint density at radius 1 is 1.25 bits per heavy atom. The van der Waals surface area contributed by atoms with E-state index in [-0.39, 0.29) is 17.9 Å². The Morgan fingerprint density at radius 2 is 2.05 bits per heavy atom. The summed E-state index contributed by atoms with van der Waals surface area (Å²) in [7, 11) is 0. The van der Waals surface area contributed by atoms with E-state index in [1.54, 1.807) is 0 Å². The first-order chi connectivity index (χ1) is 9.71. The number of hydrogen-bond acceptors (Lipinski definition) is 6. The summed E-state index contributed by atoms with van der Waals surface area (Å²) in [6.45, 7) is 2.82. The van der Waals surface area contributed by atoms with Gasteiger partial charge in [0.1, 0.15) is 0 Å². The van der Waals surface area contributed by atoms with Crippen LogP contribution in [0.25, 0.3) is 0 Å². The van der Waals surface area contributed by atoms with E-state index in [1.807, 2.05) is 31.2 Å². The standard InChI is InChI=1S/C13H15ClN4O2/c1-2-20-13-17-11(14)16-12(18-13)15-7-9-4-3-5-10(6-9)8-19/h3-6,19H,2,7-8H2,1H3,(H,15,16,17,18). The van der Waals surface area contributed by atoms with Crippen LogP contribution in [0, 0.1) is 0 Å². The van der Waals surface area contributed by atoms with Gasteiger partial charge in [0.2, 0.25) is 11.2 Å². The van der Waals surface area contributed by atoms with Crippen LogP contribution < -0.4 is 10.1 Å². The second-order valence-corrected chi connectivity index (χ2v) is 4.31. The molecule has 0 radical (unpaired) electrons. The minimum atomic E-state index is 0.0138. The van der Waals surface area contributed by atoms with Crippen molar-refractivity contribution in [3.05, 3.63) is 40.7 Å². The van der Waals surface area contributed by atoms with E-state index in [0.29, 0.717) is 19.1 Å². The van der Waals surface area contributed by atoms with Crippen molar-refractivity contribution in [2.45, 2.75) is 20.1 Å². The molecule has 6 nitrogen and oxygen atoms in total. The van der Waals surface area contributed by atoms with E-state index in [2.05, 4.69) is 20.3 Å². The summed E-state index contributed by atoms with van der Waals surface area (Å²) in [5, 5.41) is 12.2. The molecule has 0 unspecified atom stereocenters. The molecule has 0 saturated carbocycles. The van der Waals surface area contributed by atoms with E-state index in [0.717, 1.165) is 11.1 Å². The minimum absolute atomic E-state index is 0.0138. The van der Waals surface area contributed by atoms with Gasteiger partial charge in [-0.2, -0.15) is 15.0 Å². The Morgan fingerprint density at radius 3 is 2.80 bits per heavy atom. The molecule has 0 aliphatic carbocycles. The van der Waals surface area contributed by atoms with E-state index in [4.69, 9.17) is 21.4 Å². The molecule has 0 atom stereocenters. The largest absolute Gasteiger partial charge is 0.464 e. The maximum absolute atomic E-state index is 9.09. The monoisotopic (exact) mass is 294 g/mol. The van der Waals surface area contributed by atoms with Crippen molar-refractivity contribution in [3.63, 3.8) is 0 Å². The van der Waals surface area contributed by atoms with Crippen molar-refractivity contribution >= 4 is 17.5 Å². The molecule has 0 aliphatic heterocycles. The summed E-state index contributed by atoms with van der Waals surface area (Å²) >= 11 is 5.80. The van der Waals surface area contributed by atoms with Crippen LogP contribution in [0.2, 0.25) is 5.28 Å². The van der Waals surface area contributed by atoms with Gasteiger partial charge in [-0.1, -0.05) is 24.3 Å². The fourth-order valence-electron chi connectivity index (χ4n) is 1.62. The highest BCUT2D eigenvalue weighted by Gasteiger charge is 2.05. The average molecular weight is 295 g/mol. The second-order valence-electron chi connectivity index (χ2n) is 3.98. The third-order valence-electron chi connectivity index (χ3n) is 2.49. The van der Waals surface area contributed by atoms with Gasteiger partial charge < -0.3 is 15.2 Å².